The lowest BCUT2D eigenvalue weighted by atomic mass is 9.90. The average Bonchev–Trinajstić information content (AvgIpc) is 2.31. The zero-order valence-corrected chi connectivity index (χ0v) is 8.57. The van der Waals surface area contributed by atoms with Gasteiger partial charge in [-0.2, -0.15) is 0 Å². The lowest BCUT2D eigenvalue weighted by Gasteiger charge is -2.24. The molecule has 1 saturated heterocycles. The molecule has 3 unspecified atom stereocenters. The number of carbonyl (C=O) groups is 2. The van der Waals surface area contributed by atoms with Gasteiger partial charge in [-0.05, 0) is 13.8 Å². The van der Waals surface area contributed by atoms with Crippen LogP contribution in [0.5, 0.6) is 0 Å². The number of cyclic esters (lactones) is 1. The smallest absolute Gasteiger partial charge is 0.351 e. The van der Waals surface area contributed by atoms with E-state index in [4.69, 9.17) is 9.47 Å². The number of hydrogen-bond acceptors (Lipinski definition) is 4. The second-order valence-electron chi connectivity index (χ2n) is 3.63. The van der Waals surface area contributed by atoms with Crippen molar-refractivity contribution in [3.8, 4) is 0 Å². The Balaban J connectivity index is 2.86. The number of esters is 2. The van der Waals surface area contributed by atoms with Gasteiger partial charge in [0.15, 0.2) is 0 Å². The van der Waals surface area contributed by atoms with E-state index < -0.39 is 17.5 Å². The lowest BCUT2D eigenvalue weighted by molar-refractivity contribution is -0.169. The molecule has 1 heterocycles. The van der Waals surface area contributed by atoms with Crippen LogP contribution in [0, 0.1) is 5.92 Å². The van der Waals surface area contributed by atoms with Crippen molar-refractivity contribution in [1.29, 1.82) is 0 Å². The first kappa shape index (κ1) is 10.8. The van der Waals surface area contributed by atoms with E-state index in [-0.39, 0.29) is 12.0 Å². The molecule has 0 aromatic rings. The Kier molecular flexibility index (Phi) is 2.64. The molecule has 0 saturated carbocycles. The first-order valence-electron chi connectivity index (χ1n) is 4.48. The average molecular weight is 198 g/mol. The van der Waals surface area contributed by atoms with Gasteiger partial charge in [-0.15, -0.1) is 0 Å². The molecule has 14 heavy (non-hydrogen) atoms. The van der Waals surface area contributed by atoms with Crippen molar-refractivity contribution in [1.82, 2.24) is 0 Å². The molecule has 0 spiro atoms. The summed E-state index contributed by atoms with van der Waals surface area (Å²) in [7, 11) is 0. The second-order valence-corrected chi connectivity index (χ2v) is 3.63. The van der Waals surface area contributed by atoms with Crippen molar-refractivity contribution in [2.75, 3.05) is 0 Å². The number of carbonyl (C=O) groups excluding carboxylic acids is 2. The molecule has 1 aliphatic heterocycles. The van der Waals surface area contributed by atoms with Crippen molar-refractivity contribution >= 4 is 11.9 Å². The minimum Gasteiger partial charge on any atom is -0.459 e. The van der Waals surface area contributed by atoms with Gasteiger partial charge in [0.05, 0.1) is 0 Å². The van der Waals surface area contributed by atoms with Gasteiger partial charge in [-0.25, -0.2) is 9.59 Å². The number of hydrogen-bond donors (Lipinski definition) is 0. The summed E-state index contributed by atoms with van der Waals surface area (Å²) in [5.74, 6) is -1.25. The standard InChI is InChI=1S/C10H14O4/c1-5-8(11)14-10(4)6(2)7(3)13-9(10)12/h5-7H,1H2,2-4H3. The van der Waals surface area contributed by atoms with Gasteiger partial charge in [0, 0.05) is 12.0 Å². The molecule has 4 nitrogen and oxygen atoms in total. The highest BCUT2D eigenvalue weighted by Crippen LogP contribution is 2.34. The van der Waals surface area contributed by atoms with Gasteiger partial charge in [0.1, 0.15) is 6.10 Å². The van der Waals surface area contributed by atoms with E-state index in [1.165, 1.54) is 0 Å². The number of rotatable bonds is 2. The molecule has 0 bridgehead atoms. The van der Waals surface area contributed by atoms with Crippen LogP contribution in [-0.4, -0.2) is 23.6 Å². The summed E-state index contributed by atoms with van der Waals surface area (Å²) in [4.78, 5) is 22.5. The summed E-state index contributed by atoms with van der Waals surface area (Å²) >= 11 is 0. The Hall–Kier alpha value is -1.32. The minimum atomic E-state index is -1.18. The van der Waals surface area contributed by atoms with Crippen LogP contribution in [0.3, 0.4) is 0 Å². The molecule has 0 aliphatic carbocycles. The Morgan fingerprint density at radius 3 is 2.57 bits per heavy atom. The number of ether oxygens (including phenoxy) is 2. The Labute approximate surface area is 82.9 Å². The Bertz CT molecular complexity index is 284. The molecule has 0 aromatic heterocycles. The molecule has 0 amide bonds. The van der Waals surface area contributed by atoms with Gasteiger partial charge in [0.25, 0.3) is 0 Å². The highest BCUT2D eigenvalue weighted by molar-refractivity contribution is 5.88. The van der Waals surface area contributed by atoms with Crippen molar-refractivity contribution in [2.45, 2.75) is 32.5 Å². The second kappa shape index (κ2) is 3.44. The van der Waals surface area contributed by atoms with Crippen LogP contribution in [0.25, 0.3) is 0 Å². The van der Waals surface area contributed by atoms with E-state index in [0.717, 1.165) is 6.08 Å². The lowest BCUT2D eigenvalue weighted by Crippen LogP contribution is -2.41. The fourth-order valence-corrected chi connectivity index (χ4v) is 1.41. The van der Waals surface area contributed by atoms with Crippen LogP contribution in [0.1, 0.15) is 20.8 Å². The summed E-state index contributed by atoms with van der Waals surface area (Å²) in [5, 5.41) is 0. The van der Waals surface area contributed by atoms with Gasteiger partial charge in [-0.3, -0.25) is 0 Å². The van der Waals surface area contributed by atoms with Crippen molar-refractivity contribution in [2.24, 2.45) is 5.92 Å². The van der Waals surface area contributed by atoms with E-state index in [9.17, 15) is 9.59 Å². The molecule has 1 aliphatic rings. The van der Waals surface area contributed by atoms with E-state index >= 15 is 0 Å². The SMILES string of the molecule is C=CC(=O)OC1(C)C(=O)OC(C)C1C. The van der Waals surface area contributed by atoms with E-state index in [0.29, 0.717) is 0 Å². The fraction of sp³-hybridized carbons (Fsp3) is 0.600. The zero-order chi connectivity index (χ0) is 10.9. The predicted octanol–water partition coefficient (Wildman–Crippen LogP) is 1.06. The molecule has 3 atom stereocenters. The van der Waals surface area contributed by atoms with E-state index in [1.54, 1.807) is 13.8 Å². The van der Waals surface area contributed by atoms with Gasteiger partial charge < -0.3 is 9.47 Å². The van der Waals surface area contributed by atoms with Crippen LogP contribution in [0.15, 0.2) is 12.7 Å². The van der Waals surface area contributed by atoms with Crippen LogP contribution >= 0.6 is 0 Å². The summed E-state index contributed by atoms with van der Waals surface area (Å²) < 4.78 is 10.00. The first-order chi connectivity index (χ1) is 6.41. The topological polar surface area (TPSA) is 52.6 Å². The molecule has 0 aromatic carbocycles. The molecular weight excluding hydrogens is 184 g/mol. The Morgan fingerprint density at radius 1 is 1.64 bits per heavy atom. The summed E-state index contributed by atoms with van der Waals surface area (Å²) in [6, 6.07) is 0. The minimum absolute atomic E-state index is 0.154. The maximum absolute atomic E-state index is 11.4. The monoisotopic (exact) mass is 198 g/mol. The molecule has 1 fully saturated rings. The first-order valence-corrected chi connectivity index (χ1v) is 4.48. The van der Waals surface area contributed by atoms with E-state index in [1.807, 2.05) is 6.92 Å². The molecule has 78 valence electrons. The highest BCUT2D eigenvalue weighted by Gasteiger charge is 2.53. The third kappa shape index (κ3) is 1.52. The van der Waals surface area contributed by atoms with Crippen molar-refractivity contribution < 1.29 is 19.1 Å². The van der Waals surface area contributed by atoms with E-state index in [2.05, 4.69) is 6.58 Å². The van der Waals surface area contributed by atoms with Crippen LogP contribution in [0.4, 0.5) is 0 Å². The third-order valence-corrected chi connectivity index (χ3v) is 2.75. The fourth-order valence-electron chi connectivity index (χ4n) is 1.41. The zero-order valence-electron chi connectivity index (χ0n) is 8.57. The van der Waals surface area contributed by atoms with Crippen molar-refractivity contribution in [3.63, 3.8) is 0 Å². The maximum Gasteiger partial charge on any atom is 0.351 e. The molecule has 0 radical (unpaired) electrons. The summed E-state index contributed by atoms with van der Waals surface area (Å²) in [5.41, 5.74) is -1.18. The van der Waals surface area contributed by atoms with Gasteiger partial charge in [-0.1, -0.05) is 13.5 Å². The predicted molar refractivity (Wildman–Crippen MR) is 49.4 cm³/mol. The highest BCUT2D eigenvalue weighted by atomic mass is 16.6. The van der Waals surface area contributed by atoms with Crippen LogP contribution < -0.4 is 0 Å². The molecular formula is C10H14O4. The normalized spacial score (nSPS) is 36.4. The quantitative estimate of drug-likeness (QED) is 0.491. The van der Waals surface area contributed by atoms with Crippen molar-refractivity contribution in [3.05, 3.63) is 12.7 Å². The molecule has 4 heteroatoms. The summed E-state index contributed by atoms with van der Waals surface area (Å²) in [6.45, 7) is 8.42. The molecule has 1 rings (SSSR count). The largest absolute Gasteiger partial charge is 0.459 e. The maximum atomic E-state index is 11.4. The van der Waals surface area contributed by atoms with Crippen LogP contribution in [-0.2, 0) is 19.1 Å². The Morgan fingerprint density at radius 2 is 2.21 bits per heavy atom. The summed E-state index contributed by atoms with van der Waals surface area (Å²) in [6.07, 6.45) is 0.805. The van der Waals surface area contributed by atoms with Gasteiger partial charge in [0.2, 0.25) is 5.60 Å². The van der Waals surface area contributed by atoms with Crippen LogP contribution in [0.2, 0.25) is 0 Å². The third-order valence-electron chi connectivity index (χ3n) is 2.75. The molecule has 0 N–H and O–H groups in total. The van der Waals surface area contributed by atoms with Gasteiger partial charge >= 0.3 is 11.9 Å².